The Balaban J connectivity index is 1.32. The molecule has 0 aliphatic carbocycles. The van der Waals surface area contributed by atoms with Crippen molar-refractivity contribution in [3.8, 4) is 0 Å². The number of halogens is 5. The molecule has 12 heteroatoms. The molecule has 0 unspecified atom stereocenters. The maximum Gasteiger partial charge on any atom is 0.433 e. The highest BCUT2D eigenvalue weighted by molar-refractivity contribution is 5.71. The molecule has 5 heterocycles. The first-order chi connectivity index (χ1) is 15.3. The van der Waals surface area contributed by atoms with Crippen molar-refractivity contribution in [2.24, 2.45) is 11.8 Å². The second-order valence-electron chi connectivity index (χ2n) is 8.19. The van der Waals surface area contributed by atoms with Crippen LogP contribution in [0, 0.1) is 11.8 Å². The molecule has 32 heavy (non-hydrogen) atoms. The molecule has 0 amide bonds. The molecule has 0 bridgehead atoms. The Morgan fingerprint density at radius 2 is 1.75 bits per heavy atom. The van der Waals surface area contributed by atoms with Gasteiger partial charge in [0, 0.05) is 26.2 Å². The normalized spacial score (nSPS) is 21.6. The molecule has 2 fully saturated rings. The molecule has 170 valence electrons. The molecule has 3 aromatic heterocycles. The van der Waals surface area contributed by atoms with Crippen molar-refractivity contribution in [2.45, 2.75) is 25.6 Å². The van der Waals surface area contributed by atoms with Gasteiger partial charge in [-0.2, -0.15) is 18.3 Å². The van der Waals surface area contributed by atoms with Crippen molar-refractivity contribution in [3.63, 3.8) is 0 Å². The van der Waals surface area contributed by atoms with Crippen LogP contribution in [0.1, 0.15) is 12.1 Å². The zero-order chi connectivity index (χ0) is 22.5. The zero-order valence-corrected chi connectivity index (χ0v) is 16.9. The summed E-state index contributed by atoms with van der Waals surface area (Å²) in [5.41, 5.74) is -0.130. The summed E-state index contributed by atoms with van der Waals surface area (Å²) in [7, 11) is 0. The van der Waals surface area contributed by atoms with E-state index in [9.17, 15) is 22.0 Å². The van der Waals surface area contributed by atoms with Gasteiger partial charge in [-0.3, -0.25) is 0 Å². The van der Waals surface area contributed by atoms with Crippen molar-refractivity contribution in [1.29, 1.82) is 0 Å². The van der Waals surface area contributed by atoms with E-state index in [-0.39, 0.29) is 5.92 Å². The van der Waals surface area contributed by atoms with Gasteiger partial charge < -0.3 is 9.80 Å². The fourth-order valence-corrected chi connectivity index (χ4v) is 4.58. The lowest BCUT2D eigenvalue weighted by atomic mass is 9.89. The molecule has 0 saturated carbocycles. The first-order valence-electron chi connectivity index (χ1n) is 10.3. The van der Waals surface area contributed by atoms with Gasteiger partial charge in [-0.05, 0) is 30.4 Å². The van der Waals surface area contributed by atoms with Gasteiger partial charge in [0.15, 0.2) is 5.65 Å². The molecule has 0 N–H and O–H groups in total. The largest absolute Gasteiger partial charge is 0.433 e. The highest BCUT2D eigenvalue weighted by Gasteiger charge is 2.39. The number of hydrogen-bond acceptors (Lipinski definition) is 6. The molecule has 2 saturated heterocycles. The number of fused-ring (bicyclic) bond motifs is 2. The van der Waals surface area contributed by atoms with Gasteiger partial charge in [0.25, 0.3) is 6.43 Å². The molecule has 2 aliphatic rings. The van der Waals surface area contributed by atoms with Gasteiger partial charge in [-0.25, -0.2) is 28.4 Å². The summed E-state index contributed by atoms with van der Waals surface area (Å²) in [6.07, 6.45) is -3.18. The highest BCUT2D eigenvalue weighted by Crippen LogP contribution is 2.36. The van der Waals surface area contributed by atoms with Gasteiger partial charge in [-0.1, -0.05) is 6.07 Å². The predicted octanol–water partition coefficient (Wildman–Crippen LogP) is 3.47. The first-order valence-corrected chi connectivity index (χ1v) is 10.3. The minimum atomic E-state index is -4.48. The van der Waals surface area contributed by atoms with E-state index in [1.165, 1.54) is 12.3 Å². The van der Waals surface area contributed by atoms with E-state index in [1.807, 2.05) is 4.90 Å². The van der Waals surface area contributed by atoms with Gasteiger partial charge in [0.1, 0.15) is 29.4 Å². The van der Waals surface area contributed by atoms with Crippen LogP contribution in [0.25, 0.3) is 11.2 Å². The number of aromatic nitrogens is 5. The Morgan fingerprint density at radius 1 is 0.969 bits per heavy atom. The van der Waals surface area contributed by atoms with E-state index in [0.29, 0.717) is 48.4 Å². The van der Waals surface area contributed by atoms with E-state index >= 15 is 0 Å². The van der Waals surface area contributed by atoms with Crippen molar-refractivity contribution in [2.75, 3.05) is 36.0 Å². The van der Waals surface area contributed by atoms with Crippen LogP contribution in [0.5, 0.6) is 0 Å². The first kappa shape index (κ1) is 20.8. The topological polar surface area (TPSA) is 63.0 Å². The Morgan fingerprint density at radius 3 is 2.53 bits per heavy atom. The van der Waals surface area contributed by atoms with Crippen LogP contribution in [-0.4, -0.2) is 57.3 Å². The minimum absolute atomic E-state index is 0.226. The van der Waals surface area contributed by atoms with Crippen LogP contribution in [0.2, 0.25) is 0 Å². The number of alkyl halides is 5. The third-order valence-electron chi connectivity index (χ3n) is 6.12. The number of nitrogens with zero attached hydrogens (tertiary/aromatic N) is 7. The van der Waals surface area contributed by atoms with Crippen LogP contribution in [0.3, 0.4) is 0 Å². The summed E-state index contributed by atoms with van der Waals surface area (Å²) in [6.45, 7) is 2.05. The van der Waals surface area contributed by atoms with Gasteiger partial charge in [0.2, 0.25) is 0 Å². The van der Waals surface area contributed by atoms with Crippen LogP contribution >= 0.6 is 0 Å². The lowest BCUT2D eigenvalue weighted by Crippen LogP contribution is -2.40. The maximum atomic E-state index is 13.0. The summed E-state index contributed by atoms with van der Waals surface area (Å²) in [6, 6.07) is 3.96. The van der Waals surface area contributed by atoms with Crippen LogP contribution < -0.4 is 9.80 Å². The number of pyridine rings is 1. The molecular formula is C20H20F5N7. The van der Waals surface area contributed by atoms with Gasteiger partial charge in [0.05, 0.1) is 12.4 Å². The van der Waals surface area contributed by atoms with Crippen molar-refractivity contribution >= 4 is 22.8 Å². The van der Waals surface area contributed by atoms with E-state index in [1.54, 1.807) is 12.3 Å². The summed E-state index contributed by atoms with van der Waals surface area (Å²) in [4.78, 5) is 16.6. The third kappa shape index (κ3) is 3.93. The molecular weight excluding hydrogens is 433 g/mol. The van der Waals surface area contributed by atoms with Crippen LogP contribution in [-0.2, 0) is 12.7 Å². The third-order valence-corrected chi connectivity index (χ3v) is 6.12. The fourth-order valence-electron chi connectivity index (χ4n) is 4.58. The van der Waals surface area contributed by atoms with Crippen molar-refractivity contribution in [3.05, 3.63) is 36.3 Å². The predicted molar refractivity (Wildman–Crippen MR) is 107 cm³/mol. The SMILES string of the molecule is FC(F)Cn1ncc2ncc(N3C[C@@H]4CCN(c5cccc(C(F)(F)F)n5)C[C@H]4C3)nc21. The van der Waals surface area contributed by atoms with E-state index < -0.39 is 24.8 Å². The van der Waals surface area contributed by atoms with E-state index in [0.717, 1.165) is 23.7 Å². The lowest BCUT2D eigenvalue weighted by molar-refractivity contribution is -0.141. The van der Waals surface area contributed by atoms with E-state index in [4.69, 9.17) is 0 Å². The van der Waals surface area contributed by atoms with Gasteiger partial charge >= 0.3 is 6.18 Å². The fraction of sp³-hybridized carbons (Fsp3) is 0.500. The second kappa shape index (κ2) is 7.82. The standard InChI is InChI=1S/C20H20F5N7/c21-16(22)11-32-19-14(6-27-32)26-7-18(29-19)31-8-12-4-5-30(9-13(12)10-31)17-3-1-2-15(28-17)20(23,24)25/h1-3,6-7,12-13,16H,4-5,8-11H2/t12-,13-/m0/s1. The van der Waals surface area contributed by atoms with E-state index in [2.05, 4.69) is 25.0 Å². The Kier molecular flexibility index (Phi) is 5.09. The number of hydrogen-bond donors (Lipinski definition) is 0. The molecule has 0 spiro atoms. The van der Waals surface area contributed by atoms with Crippen LogP contribution in [0.15, 0.2) is 30.6 Å². The summed E-state index contributed by atoms with van der Waals surface area (Å²) in [5.74, 6) is 1.50. The lowest BCUT2D eigenvalue weighted by Gasteiger charge is -2.35. The highest BCUT2D eigenvalue weighted by atomic mass is 19.4. The monoisotopic (exact) mass is 453 g/mol. The minimum Gasteiger partial charge on any atom is -0.356 e. The quantitative estimate of drug-likeness (QED) is 0.564. The smallest absolute Gasteiger partial charge is 0.356 e. The van der Waals surface area contributed by atoms with Gasteiger partial charge in [-0.15, -0.1) is 0 Å². The molecule has 0 radical (unpaired) electrons. The molecule has 3 aromatic rings. The summed E-state index contributed by atoms with van der Waals surface area (Å²) in [5, 5.41) is 3.94. The summed E-state index contributed by atoms with van der Waals surface area (Å²) < 4.78 is 65.8. The molecule has 5 rings (SSSR count). The molecule has 0 aromatic carbocycles. The van der Waals surface area contributed by atoms with Crippen molar-refractivity contribution in [1.82, 2.24) is 24.7 Å². The number of anilines is 2. The number of piperidine rings is 1. The Hall–Kier alpha value is -3.05. The molecule has 2 atom stereocenters. The average Bonchev–Trinajstić information content (AvgIpc) is 3.36. The van der Waals surface area contributed by atoms with Crippen LogP contribution in [0.4, 0.5) is 33.6 Å². The molecule has 7 nitrogen and oxygen atoms in total. The number of rotatable bonds is 4. The zero-order valence-electron chi connectivity index (χ0n) is 16.9. The Bertz CT molecular complexity index is 1120. The maximum absolute atomic E-state index is 13.0. The second-order valence-corrected chi connectivity index (χ2v) is 8.19. The Labute approximate surface area is 179 Å². The molecule has 2 aliphatic heterocycles. The average molecular weight is 453 g/mol. The van der Waals surface area contributed by atoms with Crippen molar-refractivity contribution < 1.29 is 22.0 Å². The summed E-state index contributed by atoms with van der Waals surface area (Å²) >= 11 is 0.